The summed E-state index contributed by atoms with van der Waals surface area (Å²) in [5.74, 6) is 1.26. The van der Waals surface area contributed by atoms with Crippen LogP contribution >= 0.6 is 0 Å². The van der Waals surface area contributed by atoms with Crippen molar-refractivity contribution in [3.05, 3.63) is 0 Å². The van der Waals surface area contributed by atoms with Crippen molar-refractivity contribution in [1.29, 1.82) is 0 Å². The molecule has 0 amide bonds. The third-order valence-electron chi connectivity index (χ3n) is 2.39. The molecule has 0 rings (SSSR count). The van der Waals surface area contributed by atoms with Gasteiger partial charge in [-0.05, 0) is 18.8 Å². The van der Waals surface area contributed by atoms with Crippen LogP contribution in [0.25, 0.3) is 0 Å². The Kier molecular flexibility index (Phi) is 7.56. The van der Waals surface area contributed by atoms with Gasteiger partial charge in [0.05, 0.1) is 0 Å². The zero-order valence-electron chi connectivity index (χ0n) is 9.33. The molecule has 0 N–H and O–H groups in total. The van der Waals surface area contributed by atoms with Crippen molar-refractivity contribution in [2.45, 2.75) is 47.0 Å². The molecule has 2 nitrogen and oxygen atoms in total. The van der Waals surface area contributed by atoms with Crippen LogP contribution in [0, 0.1) is 11.8 Å². The number of rotatable bonds is 6. The average molecular weight is 182 g/mol. The van der Waals surface area contributed by atoms with Gasteiger partial charge >= 0.3 is 0 Å². The summed E-state index contributed by atoms with van der Waals surface area (Å²) in [5, 5.41) is 7.78. The molecule has 0 bridgehead atoms. The van der Waals surface area contributed by atoms with Gasteiger partial charge in [-0.25, -0.2) is 0 Å². The molecule has 0 saturated carbocycles. The fourth-order valence-corrected chi connectivity index (χ4v) is 1.15. The van der Waals surface area contributed by atoms with Gasteiger partial charge in [0, 0.05) is 12.4 Å². The predicted molar refractivity (Wildman–Crippen MR) is 60.5 cm³/mol. The standard InChI is InChI=1S/C11H22N2/c1-5-7-8-10(3)11(4)9-13-12-6-2/h6,9-11H,5,7-8H2,1-4H3/b12-6+,13-9+. The monoisotopic (exact) mass is 182 g/mol. The summed E-state index contributed by atoms with van der Waals surface area (Å²) < 4.78 is 0. The highest BCUT2D eigenvalue weighted by molar-refractivity contribution is 5.62. The Morgan fingerprint density at radius 2 is 1.92 bits per heavy atom. The summed E-state index contributed by atoms with van der Waals surface area (Å²) in [6.45, 7) is 8.59. The predicted octanol–water partition coefficient (Wildman–Crippen LogP) is 3.53. The van der Waals surface area contributed by atoms with Crippen LogP contribution in [-0.4, -0.2) is 12.4 Å². The fraction of sp³-hybridized carbons (Fsp3) is 0.818. The molecule has 2 atom stereocenters. The maximum Gasteiger partial charge on any atom is 0.0301 e. The lowest BCUT2D eigenvalue weighted by atomic mass is 9.92. The van der Waals surface area contributed by atoms with E-state index >= 15 is 0 Å². The highest BCUT2D eigenvalue weighted by atomic mass is 15.2. The van der Waals surface area contributed by atoms with Gasteiger partial charge in [-0.15, -0.1) is 0 Å². The molecular weight excluding hydrogens is 160 g/mol. The lowest BCUT2D eigenvalue weighted by Crippen LogP contribution is -2.08. The van der Waals surface area contributed by atoms with E-state index in [1.165, 1.54) is 19.3 Å². The first kappa shape index (κ1) is 12.3. The maximum atomic E-state index is 3.96. The van der Waals surface area contributed by atoms with Crippen molar-refractivity contribution in [3.8, 4) is 0 Å². The quantitative estimate of drug-likeness (QED) is 0.443. The Morgan fingerprint density at radius 1 is 1.23 bits per heavy atom. The van der Waals surface area contributed by atoms with Gasteiger partial charge in [0.1, 0.15) is 0 Å². The van der Waals surface area contributed by atoms with Crippen molar-refractivity contribution in [2.24, 2.45) is 22.0 Å². The normalized spacial score (nSPS) is 16.9. The summed E-state index contributed by atoms with van der Waals surface area (Å²) in [7, 11) is 0. The van der Waals surface area contributed by atoms with Crippen LogP contribution in [-0.2, 0) is 0 Å². The van der Waals surface area contributed by atoms with Crippen LogP contribution < -0.4 is 0 Å². The molecule has 0 fully saturated rings. The topological polar surface area (TPSA) is 24.7 Å². The van der Waals surface area contributed by atoms with Crippen LogP contribution in [0.5, 0.6) is 0 Å². The van der Waals surface area contributed by atoms with Crippen LogP contribution in [0.3, 0.4) is 0 Å². The molecular formula is C11H22N2. The average Bonchev–Trinajstić information content (AvgIpc) is 2.14. The first-order valence-electron chi connectivity index (χ1n) is 5.23. The van der Waals surface area contributed by atoms with Gasteiger partial charge in [-0.3, -0.25) is 0 Å². The second-order valence-corrected chi connectivity index (χ2v) is 3.62. The molecule has 0 aromatic rings. The fourth-order valence-electron chi connectivity index (χ4n) is 1.15. The first-order valence-corrected chi connectivity index (χ1v) is 5.23. The van der Waals surface area contributed by atoms with Gasteiger partial charge in [-0.1, -0.05) is 40.0 Å². The minimum absolute atomic E-state index is 0.537. The molecule has 0 aromatic heterocycles. The third-order valence-corrected chi connectivity index (χ3v) is 2.39. The van der Waals surface area contributed by atoms with E-state index in [-0.39, 0.29) is 0 Å². The van der Waals surface area contributed by atoms with E-state index in [2.05, 4.69) is 31.0 Å². The SMILES string of the molecule is C/C=N/N=C/C(C)C(C)CCCC. The summed E-state index contributed by atoms with van der Waals surface area (Å²) >= 11 is 0. The zero-order chi connectivity index (χ0) is 10.1. The van der Waals surface area contributed by atoms with Crippen LogP contribution in [0.15, 0.2) is 10.2 Å². The number of hydrogen-bond donors (Lipinski definition) is 0. The third kappa shape index (κ3) is 6.50. The molecule has 0 aliphatic carbocycles. The van der Waals surface area contributed by atoms with Gasteiger partial charge in [0.25, 0.3) is 0 Å². The minimum atomic E-state index is 0.537. The highest BCUT2D eigenvalue weighted by Crippen LogP contribution is 2.16. The first-order chi connectivity index (χ1) is 6.22. The molecule has 2 unspecified atom stereocenters. The lowest BCUT2D eigenvalue weighted by Gasteiger charge is -2.14. The maximum absolute atomic E-state index is 3.96. The lowest BCUT2D eigenvalue weighted by molar-refractivity contribution is 0.437. The summed E-state index contributed by atoms with van der Waals surface area (Å²) in [6.07, 6.45) is 7.54. The molecule has 76 valence electrons. The Balaban J connectivity index is 3.74. The van der Waals surface area contributed by atoms with Crippen molar-refractivity contribution in [2.75, 3.05) is 0 Å². The Bertz CT molecular complexity index is 161. The van der Waals surface area contributed by atoms with Crippen molar-refractivity contribution in [1.82, 2.24) is 0 Å². The van der Waals surface area contributed by atoms with E-state index in [1.54, 1.807) is 6.21 Å². The van der Waals surface area contributed by atoms with Crippen molar-refractivity contribution in [3.63, 3.8) is 0 Å². The molecule has 0 heterocycles. The molecule has 13 heavy (non-hydrogen) atoms. The smallest absolute Gasteiger partial charge is 0.0301 e. The number of nitrogens with zero attached hydrogens (tertiary/aromatic N) is 2. The number of hydrogen-bond acceptors (Lipinski definition) is 2. The summed E-state index contributed by atoms with van der Waals surface area (Å²) in [6, 6.07) is 0. The second-order valence-electron chi connectivity index (χ2n) is 3.62. The van der Waals surface area contributed by atoms with E-state index in [4.69, 9.17) is 0 Å². The molecule has 2 heteroatoms. The van der Waals surface area contributed by atoms with Gasteiger partial charge in [0.15, 0.2) is 0 Å². The second kappa shape index (κ2) is 7.96. The zero-order valence-corrected chi connectivity index (χ0v) is 9.33. The largest absolute Gasteiger partial charge is 0.164 e. The van der Waals surface area contributed by atoms with E-state index in [0.717, 1.165) is 5.92 Å². The molecule has 0 aliphatic rings. The Hall–Kier alpha value is -0.660. The Morgan fingerprint density at radius 3 is 2.46 bits per heavy atom. The molecule has 0 aliphatic heterocycles. The van der Waals surface area contributed by atoms with Gasteiger partial charge < -0.3 is 0 Å². The molecule has 0 spiro atoms. The van der Waals surface area contributed by atoms with Crippen LogP contribution in [0.4, 0.5) is 0 Å². The highest BCUT2D eigenvalue weighted by Gasteiger charge is 2.08. The van der Waals surface area contributed by atoms with Gasteiger partial charge in [0.2, 0.25) is 0 Å². The van der Waals surface area contributed by atoms with Crippen molar-refractivity contribution >= 4 is 12.4 Å². The van der Waals surface area contributed by atoms with E-state index in [1.807, 2.05) is 13.1 Å². The summed E-state index contributed by atoms with van der Waals surface area (Å²) in [4.78, 5) is 0. The van der Waals surface area contributed by atoms with E-state index in [0.29, 0.717) is 5.92 Å². The van der Waals surface area contributed by atoms with Crippen LogP contribution in [0.2, 0.25) is 0 Å². The van der Waals surface area contributed by atoms with Crippen molar-refractivity contribution < 1.29 is 0 Å². The van der Waals surface area contributed by atoms with Gasteiger partial charge in [-0.2, -0.15) is 10.2 Å². The summed E-state index contributed by atoms with van der Waals surface area (Å²) in [5.41, 5.74) is 0. The number of unbranched alkanes of at least 4 members (excludes halogenated alkanes) is 1. The molecule has 0 saturated heterocycles. The van der Waals surface area contributed by atoms with Crippen LogP contribution in [0.1, 0.15) is 47.0 Å². The Labute approximate surface area is 82.1 Å². The minimum Gasteiger partial charge on any atom is -0.164 e. The van der Waals surface area contributed by atoms with E-state index in [9.17, 15) is 0 Å². The van der Waals surface area contributed by atoms with E-state index < -0.39 is 0 Å². The molecule has 0 aromatic carbocycles. The molecule has 0 radical (unpaired) electrons.